The first-order valence-electron chi connectivity index (χ1n) is 10.0. The molecule has 0 aliphatic heterocycles. The summed E-state index contributed by atoms with van der Waals surface area (Å²) in [5, 5.41) is 6.63. The van der Waals surface area contributed by atoms with Gasteiger partial charge in [-0.15, -0.1) is 0 Å². The Kier molecular flexibility index (Phi) is 9.41. The van der Waals surface area contributed by atoms with Crippen molar-refractivity contribution in [1.29, 1.82) is 0 Å². The molecule has 0 amide bonds. The fourth-order valence-corrected chi connectivity index (χ4v) is 4.43. The van der Waals surface area contributed by atoms with Gasteiger partial charge in [-0.25, -0.2) is 0 Å². The zero-order chi connectivity index (χ0) is 17.9. The fraction of sp³-hybridized carbons (Fsp3) is 0.714. The standard InChI is InChI=1S/C19H30N2.C2H5NS/c1-15(16-8-3-2-4-9-16)21-19-12-6-5-11-18(19)17-10-7-13-20-14-17;1-3-2-4/h7,10,13-16,18-19,21H,2-6,8-9,11-12H2,1H3;2H,1H3,(H,3,4)/t15-,18+,19-;/m1./s1. The van der Waals surface area contributed by atoms with Gasteiger partial charge in [-0.3, -0.25) is 4.98 Å². The molecular formula is C21H35N3S. The quantitative estimate of drug-likeness (QED) is 0.737. The largest absolute Gasteiger partial charge is 0.385 e. The summed E-state index contributed by atoms with van der Waals surface area (Å²) in [6, 6.07) is 5.68. The van der Waals surface area contributed by atoms with E-state index in [0.29, 0.717) is 18.0 Å². The second kappa shape index (κ2) is 11.6. The molecule has 1 aromatic rings. The molecule has 2 fully saturated rings. The molecule has 0 bridgehead atoms. The zero-order valence-corrected chi connectivity index (χ0v) is 16.7. The van der Waals surface area contributed by atoms with Gasteiger partial charge in [0.2, 0.25) is 0 Å². The number of hydrogen-bond acceptors (Lipinski definition) is 3. The highest BCUT2D eigenvalue weighted by Crippen LogP contribution is 2.34. The van der Waals surface area contributed by atoms with Gasteiger partial charge in [0.25, 0.3) is 0 Å². The van der Waals surface area contributed by atoms with E-state index in [0.717, 1.165) is 5.92 Å². The van der Waals surface area contributed by atoms with Gasteiger partial charge in [0, 0.05) is 37.4 Å². The molecule has 0 radical (unpaired) electrons. The van der Waals surface area contributed by atoms with Gasteiger partial charge < -0.3 is 10.6 Å². The second-order valence-corrected chi connectivity index (χ2v) is 7.78. The van der Waals surface area contributed by atoms with E-state index < -0.39 is 0 Å². The van der Waals surface area contributed by atoms with Crippen LogP contribution in [0.25, 0.3) is 0 Å². The molecule has 2 N–H and O–H groups in total. The molecule has 3 nitrogen and oxygen atoms in total. The monoisotopic (exact) mass is 361 g/mol. The van der Waals surface area contributed by atoms with E-state index in [1.807, 2.05) is 6.20 Å². The molecule has 140 valence electrons. The minimum absolute atomic E-state index is 0.653. The van der Waals surface area contributed by atoms with Crippen LogP contribution in [-0.4, -0.2) is 29.6 Å². The SMILES string of the molecule is CNC=S.C[C@@H](N[C@@H]1CCCC[C@H]1c1cccnc1)C1CCCCC1. The van der Waals surface area contributed by atoms with Crippen molar-refractivity contribution in [3.63, 3.8) is 0 Å². The Bertz CT molecular complexity index is 473. The summed E-state index contributed by atoms with van der Waals surface area (Å²) in [5.41, 5.74) is 2.89. The molecule has 2 aliphatic carbocycles. The number of pyridine rings is 1. The Hall–Kier alpha value is -1.00. The summed E-state index contributed by atoms with van der Waals surface area (Å²) in [7, 11) is 1.77. The lowest BCUT2D eigenvalue weighted by molar-refractivity contribution is 0.229. The van der Waals surface area contributed by atoms with Crippen LogP contribution in [0.15, 0.2) is 24.5 Å². The van der Waals surface area contributed by atoms with Crippen molar-refractivity contribution in [2.45, 2.75) is 82.7 Å². The lowest BCUT2D eigenvalue weighted by atomic mass is 9.78. The molecular weight excluding hydrogens is 326 g/mol. The van der Waals surface area contributed by atoms with E-state index in [2.05, 4.69) is 53.1 Å². The first-order valence-corrected chi connectivity index (χ1v) is 10.5. The van der Waals surface area contributed by atoms with E-state index >= 15 is 0 Å². The van der Waals surface area contributed by atoms with E-state index in [1.165, 1.54) is 68.8 Å². The van der Waals surface area contributed by atoms with Crippen molar-refractivity contribution < 1.29 is 0 Å². The maximum Gasteiger partial charge on any atom is 0.0612 e. The van der Waals surface area contributed by atoms with Gasteiger partial charge in [-0.2, -0.15) is 0 Å². The van der Waals surface area contributed by atoms with Crippen molar-refractivity contribution >= 4 is 17.7 Å². The lowest BCUT2D eigenvalue weighted by Gasteiger charge is -2.37. The molecule has 2 saturated carbocycles. The normalized spacial score (nSPS) is 25.4. The number of hydrogen-bond donors (Lipinski definition) is 2. The van der Waals surface area contributed by atoms with Crippen molar-refractivity contribution in [2.75, 3.05) is 7.05 Å². The Labute approximate surface area is 159 Å². The van der Waals surface area contributed by atoms with Crippen molar-refractivity contribution in [2.24, 2.45) is 5.92 Å². The fourth-order valence-electron chi connectivity index (χ4n) is 4.43. The van der Waals surface area contributed by atoms with Crippen molar-refractivity contribution in [3.8, 4) is 0 Å². The number of aromatic nitrogens is 1. The lowest BCUT2D eigenvalue weighted by Crippen LogP contribution is -2.45. The smallest absolute Gasteiger partial charge is 0.0612 e. The molecule has 0 spiro atoms. The molecule has 3 rings (SSSR count). The summed E-state index contributed by atoms with van der Waals surface area (Å²) in [5.74, 6) is 1.56. The van der Waals surface area contributed by atoms with Crippen molar-refractivity contribution in [1.82, 2.24) is 15.6 Å². The minimum Gasteiger partial charge on any atom is -0.385 e. The first kappa shape index (κ1) is 20.3. The number of nitrogens with one attached hydrogen (secondary N) is 2. The third-order valence-corrected chi connectivity index (χ3v) is 6.07. The molecule has 25 heavy (non-hydrogen) atoms. The third kappa shape index (κ3) is 6.67. The van der Waals surface area contributed by atoms with Gasteiger partial charge in [0.1, 0.15) is 0 Å². The van der Waals surface area contributed by atoms with Crippen LogP contribution in [0, 0.1) is 5.92 Å². The van der Waals surface area contributed by atoms with Crippen molar-refractivity contribution in [3.05, 3.63) is 30.1 Å². The summed E-state index contributed by atoms with van der Waals surface area (Å²) in [6.07, 6.45) is 16.6. The van der Waals surface area contributed by atoms with Gasteiger partial charge in [0.05, 0.1) is 5.49 Å². The third-order valence-electron chi connectivity index (χ3n) is 5.83. The van der Waals surface area contributed by atoms with E-state index in [1.54, 1.807) is 7.05 Å². The summed E-state index contributed by atoms with van der Waals surface area (Å²) < 4.78 is 0. The molecule has 4 heteroatoms. The molecule has 0 aromatic carbocycles. The van der Waals surface area contributed by atoms with Crippen LogP contribution >= 0.6 is 12.2 Å². The van der Waals surface area contributed by atoms with E-state index in [9.17, 15) is 0 Å². The predicted octanol–water partition coefficient (Wildman–Crippen LogP) is 4.83. The van der Waals surface area contributed by atoms with Gasteiger partial charge in [-0.1, -0.05) is 50.4 Å². The summed E-state index contributed by atoms with van der Waals surface area (Å²) in [6.45, 7) is 2.42. The molecule has 0 saturated heterocycles. The van der Waals surface area contributed by atoms with Crippen LogP contribution in [0.5, 0.6) is 0 Å². The molecule has 1 aromatic heterocycles. The number of rotatable bonds is 5. The van der Waals surface area contributed by atoms with Crippen LogP contribution in [0.3, 0.4) is 0 Å². The van der Waals surface area contributed by atoms with Crippen LogP contribution in [0.4, 0.5) is 0 Å². The summed E-state index contributed by atoms with van der Waals surface area (Å²) >= 11 is 4.32. The van der Waals surface area contributed by atoms with Crippen LogP contribution in [0.1, 0.15) is 76.2 Å². The minimum atomic E-state index is 0.653. The Morgan fingerprint density at radius 2 is 1.80 bits per heavy atom. The van der Waals surface area contributed by atoms with Crippen LogP contribution in [0.2, 0.25) is 0 Å². The van der Waals surface area contributed by atoms with E-state index in [4.69, 9.17) is 0 Å². The number of nitrogens with zero attached hydrogens (tertiary/aromatic N) is 1. The molecule has 0 unspecified atom stereocenters. The van der Waals surface area contributed by atoms with Gasteiger partial charge >= 0.3 is 0 Å². The highest BCUT2D eigenvalue weighted by Gasteiger charge is 2.29. The Balaban J connectivity index is 0.000000511. The molecule has 2 aliphatic rings. The zero-order valence-electron chi connectivity index (χ0n) is 15.9. The Morgan fingerprint density at radius 3 is 2.44 bits per heavy atom. The first-order chi connectivity index (χ1) is 12.3. The van der Waals surface area contributed by atoms with Crippen LogP contribution in [-0.2, 0) is 0 Å². The highest BCUT2D eigenvalue weighted by molar-refractivity contribution is 7.78. The highest BCUT2D eigenvalue weighted by atomic mass is 32.1. The van der Waals surface area contributed by atoms with Gasteiger partial charge in [0.15, 0.2) is 0 Å². The summed E-state index contributed by atoms with van der Waals surface area (Å²) in [4.78, 5) is 4.34. The molecule has 3 atom stereocenters. The van der Waals surface area contributed by atoms with Gasteiger partial charge in [-0.05, 0) is 50.2 Å². The average Bonchev–Trinajstić information content (AvgIpc) is 2.70. The maximum absolute atomic E-state index is 4.34. The maximum atomic E-state index is 4.34. The predicted molar refractivity (Wildman–Crippen MR) is 111 cm³/mol. The Morgan fingerprint density at radius 1 is 1.12 bits per heavy atom. The topological polar surface area (TPSA) is 37.0 Å². The second-order valence-electron chi connectivity index (χ2n) is 7.54. The van der Waals surface area contributed by atoms with Crippen LogP contribution < -0.4 is 10.6 Å². The average molecular weight is 362 g/mol. The molecule has 1 heterocycles. The van der Waals surface area contributed by atoms with E-state index in [-0.39, 0.29) is 0 Å². The number of thiocarbonyl (C=S) groups is 1.